The molecule has 7 heteroatoms. The van der Waals surface area contributed by atoms with Crippen LogP contribution < -0.4 is 51.4 Å². The summed E-state index contributed by atoms with van der Waals surface area (Å²) in [7, 11) is 0. The van der Waals surface area contributed by atoms with E-state index >= 15 is 0 Å². The van der Waals surface area contributed by atoms with Crippen LogP contribution >= 0.6 is 0 Å². The van der Waals surface area contributed by atoms with E-state index in [1.54, 1.807) is 0 Å². The van der Waals surface area contributed by atoms with Crippen molar-refractivity contribution in [1.29, 1.82) is 0 Å². The molecule has 0 heterocycles. The summed E-state index contributed by atoms with van der Waals surface area (Å²) in [6, 6.07) is 16.5. The van der Waals surface area contributed by atoms with Gasteiger partial charge in [-0.15, -0.1) is 0 Å². The number of ether oxygens (including phenoxy) is 1. The van der Waals surface area contributed by atoms with E-state index in [9.17, 15) is 4.79 Å². The third-order valence-electron chi connectivity index (χ3n) is 3.41. The Labute approximate surface area is 183 Å². The number of nitrogens with zero attached hydrogens (tertiary/aromatic N) is 3. The minimum atomic E-state index is -0.475. The molecule has 0 aromatic heterocycles. The summed E-state index contributed by atoms with van der Waals surface area (Å²) >= 11 is 3.76. The van der Waals surface area contributed by atoms with Gasteiger partial charge < -0.3 is 17.6 Å². The Morgan fingerprint density at radius 2 is 1.61 bits per heavy atom. The molecule has 23 heavy (non-hydrogen) atoms. The van der Waals surface area contributed by atoms with Crippen LogP contribution in [0.25, 0.3) is 21.6 Å². The van der Waals surface area contributed by atoms with Crippen LogP contribution in [0.1, 0.15) is 17.0 Å². The van der Waals surface area contributed by atoms with E-state index in [1.807, 2.05) is 24.3 Å². The molecular formula is C16H13KN3O2S-. The zero-order valence-corrected chi connectivity index (χ0v) is 16.6. The largest absolute Gasteiger partial charge is 1.00 e. The van der Waals surface area contributed by atoms with Gasteiger partial charge >= 0.3 is 51.4 Å². The van der Waals surface area contributed by atoms with Crippen molar-refractivity contribution in [3.63, 3.8) is 0 Å². The average molecular weight is 350 g/mol. The van der Waals surface area contributed by atoms with Gasteiger partial charge in [-0.3, -0.25) is 11.7 Å². The first-order valence-corrected chi connectivity index (χ1v) is 6.89. The maximum Gasteiger partial charge on any atom is 1.00 e. The van der Waals surface area contributed by atoms with Gasteiger partial charge in [-0.2, -0.15) is 0 Å². The van der Waals surface area contributed by atoms with E-state index in [1.165, 1.54) is 22.3 Å². The fourth-order valence-electron chi connectivity index (χ4n) is 2.62. The van der Waals surface area contributed by atoms with Crippen LogP contribution in [-0.2, 0) is 22.3 Å². The molecule has 5 nitrogen and oxygen atoms in total. The van der Waals surface area contributed by atoms with E-state index < -0.39 is 5.97 Å². The van der Waals surface area contributed by atoms with Crippen molar-refractivity contribution in [1.82, 2.24) is 0 Å². The van der Waals surface area contributed by atoms with Gasteiger partial charge in [0.15, 0.2) is 5.97 Å². The summed E-state index contributed by atoms with van der Waals surface area (Å²) in [4.78, 5) is 13.1. The molecule has 2 aromatic carbocycles. The first kappa shape index (κ1) is 20.0. The van der Waals surface area contributed by atoms with Crippen LogP contribution in [0, 0.1) is 6.92 Å². The molecule has 0 saturated heterocycles. The average Bonchev–Trinajstić information content (AvgIpc) is 2.87. The number of benzene rings is 2. The minimum Gasteiger partial charge on any atom is -0.738 e. The number of esters is 1. The molecular weight excluding hydrogens is 337 g/mol. The van der Waals surface area contributed by atoms with Crippen molar-refractivity contribution in [3.05, 3.63) is 77.0 Å². The van der Waals surface area contributed by atoms with Gasteiger partial charge in [0.2, 0.25) is 0 Å². The van der Waals surface area contributed by atoms with E-state index in [2.05, 4.69) is 53.4 Å². The van der Waals surface area contributed by atoms with Gasteiger partial charge in [0.25, 0.3) is 0 Å². The molecule has 0 bridgehead atoms. The first-order valence-electron chi connectivity index (χ1n) is 6.52. The van der Waals surface area contributed by atoms with Crippen molar-refractivity contribution in [2.75, 3.05) is 6.61 Å². The van der Waals surface area contributed by atoms with Gasteiger partial charge in [-0.1, -0.05) is 48.5 Å². The quantitative estimate of drug-likeness (QED) is 0.154. The summed E-state index contributed by atoms with van der Waals surface area (Å²) in [5.41, 5.74) is 12.1. The minimum absolute atomic E-state index is 0. The molecule has 0 fully saturated rings. The molecule has 0 atom stereocenters. The van der Waals surface area contributed by atoms with Crippen molar-refractivity contribution in [2.45, 2.75) is 5.92 Å². The predicted molar refractivity (Wildman–Crippen MR) is 86.5 cm³/mol. The summed E-state index contributed by atoms with van der Waals surface area (Å²) < 4.78 is 7.59. The molecule has 0 amide bonds. The molecule has 2 aromatic rings. The first-order chi connectivity index (χ1) is 10.7. The van der Waals surface area contributed by atoms with E-state index in [4.69, 9.17) is 10.3 Å². The second-order valence-electron chi connectivity index (χ2n) is 4.58. The molecule has 0 aliphatic heterocycles. The second-order valence-corrected chi connectivity index (χ2v) is 4.74. The normalized spacial score (nSPS) is 10.8. The van der Waals surface area contributed by atoms with Gasteiger partial charge in [-0.05, 0) is 32.7 Å². The van der Waals surface area contributed by atoms with Gasteiger partial charge in [0.1, 0.15) is 0 Å². The maximum atomic E-state index is 10.9. The predicted octanol–water partition coefficient (Wildman–Crippen LogP) is 0.939. The monoisotopic (exact) mass is 350 g/mol. The van der Waals surface area contributed by atoms with Crippen LogP contribution in [0.4, 0.5) is 0 Å². The smallest absolute Gasteiger partial charge is 0.738 e. The fourth-order valence-corrected chi connectivity index (χ4v) is 2.62. The molecule has 1 aliphatic rings. The number of hydrogen-bond acceptors (Lipinski definition) is 4. The van der Waals surface area contributed by atoms with Crippen LogP contribution in [0.5, 0.6) is 0 Å². The number of azide groups is 1. The molecule has 0 saturated carbocycles. The molecule has 0 unspecified atom stereocenters. The van der Waals surface area contributed by atoms with E-state index in [0.29, 0.717) is 6.61 Å². The number of carbonyl (C=O) groups is 1. The summed E-state index contributed by atoms with van der Waals surface area (Å²) in [5.74, 6) is -0.347. The van der Waals surface area contributed by atoms with Gasteiger partial charge in [-0.25, -0.2) is 4.52 Å². The van der Waals surface area contributed by atoms with Crippen LogP contribution in [0.3, 0.4) is 0 Å². The summed E-state index contributed by atoms with van der Waals surface area (Å²) in [5, 5.41) is 0. The molecule has 0 N–H and O–H groups in total. The van der Waals surface area contributed by atoms with E-state index in [-0.39, 0.29) is 57.3 Å². The fraction of sp³-hybridized carbons (Fsp3) is 0.125. The molecule has 0 radical (unpaired) electrons. The number of fused-ring (bicyclic) bond motifs is 3. The molecule has 112 valence electrons. The maximum absolute atomic E-state index is 10.9. The molecule has 3 rings (SSSR count). The number of hydrogen-bond donors (Lipinski definition) is 0. The number of carbonyl (C=O) groups excluding carboxylic acids is 1. The molecule has 0 spiro atoms. The Morgan fingerprint density at radius 1 is 1.17 bits per heavy atom. The van der Waals surface area contributed by atoms with Crippen molar-refractivity contribution in [3.8, 4) is 11.1 Å². The SMILES string of the molecule is [CH2-]C(=O)OCC1c2ccccc2-c2ccccc21.[K+].[N-]=[N+]=N[S-]. The summed E-state index contributed by atoms with van der Waals surface area (Å²) in [6.07, 6.45) is 0. The third-order valence-corrected chi connectivity index (χ3v) is 3.48. The Balaban J connectivity index is 0.000000478. The zero-order chi connectivity index (χ0) is 15.9. The summed E-state index contributed by atoms with van der Waals surface area (Å²) in [6.45, 7) is 3.61. The number of rotatable bonds is 2. The molecule has 1 aliphatic carbocycles. The topological polar surface area (TPSA) is 75.1 Å². The van der Waals surface area contributed by atoms with Crippen molar-refractivity contribution in [2.24, 2.45) is 4.52 Å². The van der Waals surface area contributed by atoms with E-state index in [0.717, 1.165) is 0 Å². The van der Waals surface area contributed by atoms with Crippen molar-refractivity contribution >= 4 is 18.8 Å². The Hall–Kier alpha value is -1.05. The third kappa shape index (κ3) is 4.96. The second kappa shape index (κ2) is 9.95. The zero-order valence-electron chi connectivity index (χ0n) is 12.7. The standard InChI is InChI=1S/C16H13O2.K.HN3S/c1-11(17)18-10-16-14-8-4-2-6-12(14)13-7-3-5-9-15(13)16;;1-2-3-4/h2-9,16H,1,10H2;;4H/q-1;+1;/p-1. The Morgan fingerprint density at radius 3 is 2.00 bits per heavy atom. The van der Waals surface area contributed by atoms with Crippen molar-refractivity contribution < 1.29 is 60.9 Å². The van der Waals surface area contributed by atoms with Gasteiger partial charge in [0, 0.05) is 5.92 Å². The van der Waals surface area contributed by atoms with Crippen LogP contribution in [0.15, 0.2) is 53.1 Å². The Kier molecular flexibility index (Phi) is 8.65. The Bertz CT molecular complexity index is 687. The van der Waals surface area contributed by atoms with Gasteiger partial charge in [0.05, 0.1) is 6.61 Å². The van der Waals surface area contributed by atoms with Crippen LogP contribution in [-0.4, -0.2) is 12.6 Å². The van der Waals surface area contributed by atoms with Crippen LogP contribution in [0.2, 0.25) is 0 Å².